The molecule has 1 heterocycles. The first-order chi connectivity index (χ1) is 4.33. The van der Waals surface area contributed by atoms with E-state index in [-0.39, 0.29) is 0 Å². The van der Waals surface area contributed by atoms with Gasteiger partial charge in [0, 0.05) is 13.1 Å². The van der Waals surface area contributed by atoms with Gasteiger partial charge in [0.2, 0.25) is 0 Å². The maximum atomic E-state index is 2.35. The Balaban J connectivity index is 2.38. The average molecular weight is 125 g/mol. The van der Waals surface area contributed by atoms with Crippen LogP contribution in [0.4, 0.5) is 0 Å². The minimum Gasteiger partial charge on any atom is -0.378 e. The van der Waals surface area contributed by atoms with E-state index < -0.39 is 0 Å². The van der Waals surface area contributed by atoms with Gasteiger partial charge in [0.15, 0.2) is 0 Å². The highest BCUT2D eigenvalue weighted by Crippen LogP contribution is 2.11. The summed E-state index contributed by atoms with van der Waals surface area (Å²) in [5.74, 6) is 0.799. The molecule has 0 amide bonds. The molecule has 1 aliphatic heterocycles. The predicted octanol–water partition coefficient (Wildman–Crippen LogP) is 1.86. The topological polar surface area (TPSA) is 3.24 Å². The third-order valence-electron chi connectivity index (χ3n) is 1.90. The van der Waals surface area contributed by atoms with Gasteiger partial charge in [-0.25, -0.2) is 0 Å². The summed E-state index contributed by atoms with van der Waals surface area (Å²) in [6.45, 7) is 6.86. The maximum absolute atomic E-state index is 2.35. The normalized spacial score (nSPS) is 26.9. The predicted molar refractivity (Wildman–Crippen MR) is 40.2 cm³/mol. The van der Waals surface area contributed by atoms with Crippen LogP contribution in [0.25, 0.3) is 0 Å². The molecule has 0 aliphatic carbocycles. The van der Waals surface area contributed by atoms with Crippen molar-refractivity contribution >= 4 is 0 Å². The van der Waals surface area contributed by atoms with Crippen molar-refractivity contribution in [3.05, 3.63) is 12.3 Å². The highest BCUT2D eigenvalue weighted by molar-refractivity contribution is 4.91. The molecule has 0 aromatic carbocycles. The Bertz CT molecular complexity index is 107. The monoisotopic (exact) mass is 125 g/mol. The summed E-state index contributed by atoms with van der Waals surface area (Å²) < 4.78 is 0. The lowest BCUT2D eigenvalue weighted by Crippen LogP contribution is -2.23. The lowest BCUT2D eigenvalue weighted by Gasteiger charge is -2.24. The first kappa shape index (κ1) is 6.66. The van der Waals surface area contributed by atoms with E-state index in [1.807, 2.05) is 0 Å². The number of allylic oxidation sites excluding steroid dienone is 1. The van der Waals surface area contributed by atoms with Crippen molar-refractivity contribution in [3.63, 3.8) is 0 Å². The third kappa shape index (κ3) is 1.74. The molecule has 1 atom stereocenters. The largest absolute Gasteiger partial charge is 0.378 e. The van der Waals surface area contributed by atoms with Crippen molar-refractivity contribution in [3.8, 4) is 0 Å². The molecule has 52 valence electrons. The number of hydrogen-bond donors (Lipinski definition) is 0. The van der Waals surface area contributed by atoms with Gasteiger partial charge in [0.25, 0.3) is 0 Å². The Morgan fingerprint density at radius 1 is 1.67 bits per heavy atom. The molecule has 1 nitrogen and oxygen atoms in total. The molecule has 0 saturated carbocycles. The van der Waals surface area contributed by atoms with Gasteiger partial charge < -0.3 is 4.90 Å². The van der Waals surface area contributed by atoms with Crippen molar-refractivity contribution in [2.45, 2.75) is 20.3 Å². The van der Waals surface area contributed by atoms with Crippen molar-refractivity contribution in [2.75, 3.05) is 13.1 Å². The lowest BCUT2D eigenvalue weighted by atomic mass is 10.1. The molecule has 0 N–H and O–H groups in total. The lowest BCUT2D eigenvalue weighted by molar-refractivity contribution is 0.345. The number of nitrogens with zero attached hydrogens (tertiary/aromatic N) is 1. The third-order valence-corrected chi connectivity index (χ3v) is 1.90. The van der Waals surface area contributed by atoms with Crippen LogP contribution in [0.1, 0.15) is 20.3 Å². The van der Waals surface area contributed by atoms with Crippen LogP contribution in [0.3, 0.4) is 0 Å². The Labute approximate surface area is 57.4 Å². The highest BCUT2D eigenvalue weighted by atomic mass is 15.1. The van der Waals surface area contributed by atoms with E-state index in [2.05, 4.69) is 31.0 Å². The Morgan fingerprint density at radius 3 is 2.89 bits per heavy atom. The standard InChI is InChI=1S/C8H15N/c1-3-9-6-4-8(2)5-7-9/h4,6,8H,3,5,7H2,1-2H3. The van der Waals surface area contributed by atoms with Crippen molar-refractivity contribution in [2.24, 2.45) is 5.92 Å². The van der Waals surface area contributed by atoms with Gasteiger partial charge in [-0.2, -0.15) is 0 Å². The van der Waals surface area contributed by atoms with E-state index in [4.69, 9.17) is 0 Å². The van der Waals surface area contributed by atoms with Crippen molar-refractivity contribution < 1.29 is 0 Å². The van der Waals surface area contributed by atoms with Gasteiger partial charge in [-0.1, -0.05) is 13.0 Å². The first-order valence-electron chi connectivity index (χ1n) is 3.75. The summed E-state index contributed by atoms with van der Waals surface area (Å²) >= 11 is 0. The van der Waals surface area contributed by atoms with Gasteiger partial charge in [0.1, 0.15) is 0 Å². The maximum Gasteiger partial charge on any atom is 0.0177 e. The minimum atomic E-state index is 0.799. The quantitative estimate of drug-likeness (QED) is 0.517. The smallest absolute Gasteiger partial charge is 0.0177 e. The van der Waals surface area contributed by atoms with Gasteiger partial charge >= 0.3 is 0 Å². The fraction of sp³-hybridized carbons (Fsp3) is 0.750. The molecular formula is C8H15N. The molecular weight excluding hydrogens is 110 g/mol. The molecule has 0 saturated heterocycles. The Morgan fingerprint density at radius 2 is 2.44 bits per heavy atom. The fourth-order valence-corrected chi connectivity index (χ4v) is 1.07. The fourth-order valence-electron chi connectivity index (χ4n) is 1.07. The van der Waals surface area contributed by atoms with E-state index in [9.17, 15) is 0 Å². The summed E-state index contributed by atoms with van der Waals surface area (Å²) in [6, 6.07) is 0. The number of hydrogen-bond acceptors (Lipinski definition) is 1. The molecule has 0 spiro atoms. The summed E-state index contributed by atoms with van der Waals surface area (Å²) in [4.78, 5) is 2.35. The van der Waals surface area contributed by atoms with Gasteiger partial charge in [-0.15, -0.1) is 0 Å². The van der Waals surface area contributed by atoms with E-state index in [0.717, 1.165) is 12.5 Å². The minimum absolute atomic E-state index is 0.799. The van der Waals surface area contributed by atoms with Crippen molar-refractivity contribution in [1.29, 1.82) is 0 Å². The van der Waals surface area contributed by atoms with Crippen LogP contribution in [0.2, 0.25) is 0 Å². The van der Waals surface area contributed by atoms with E-state index in [1.54, 1.807) is 0 Å². The molecule has 1 heteroatoms. The second-order valence-electron chi connectivity index (χ2n) is 2.74. The second-order valence-corrected chi connectivity index (χ2v) is 2.74. The summed E-state index contributed by atoms with van der Waals surface area (Å²) in [6.07, 6.45) is 5.82. The number of rotatable bonds is 1. The molecule has 0 fully saturated rings. The molecule has 9 heavy (non-hydrogen) atoms. The van der Waals surface area contributed by atoms with Gasteiger partial charge in [-0.3, -0.25) is 0 Å². The van der Waals surface area contributed by atoms with E-state index in [1.165, 1.54) is 13.0 Å². The molecule has 0 aromatic heterocycles. The zero-order valence-corrected chi connectivity index (χ0v) is 6.30. The van der Waals surface area contributed by atoms with Crippen molar-refractivity contribution in [1.82, 2.24) is 4.90 Å². The molecule has 1 aliphatic rings. The van der Waals surface area contributed by atoms with Crippen LogP contribution in [0.5, 0.6) is 0 Å². The van der Waals surface area contributed by atoms with Crippen LogP contribution in [-0.4, -0.2) is 18.0 Å². The average Bonchev–Trinajstić information content (AvgIpc) is 1.90. The van der Waals surface area contributed by atoms with Gasteiger partial charge in [-0.05, 0) is 25.5 Å². The Kier molecular flexibility index (Phi) is 2.15. The zero-order valence-electron chi connectivity index (χ0n) is 6.30. The molecule has 1 unspecified atom stereocenters. The summed E-state index contributed by atoms with van der Waals surface area (Å²) in [5.41, 5.74) is 0. The molecule has 0 bridgehead atoms. The van der Waals surface area contributed by atoms with Crippen LogP contribution in [0, 0.1) is 5.92 Å². The highest BCUT2D eigenvalue weighted by Gasteiger charge is 2.05. The van der Waals surface area contributed by atoms with E-state index in [0.29, 0.717) is 0 Å². The van der Waals surface area contributed by atoms with Crippen LogP contribution >= 0.6 is 0 Å². The Hall–Kier alpha value is -0.460. The second kappa shape index (κ2) is 2.90. The molecule has 1 rings (SSSR count). The van der Waals surface area contributed by atoms with Crippen LogP contribution < -0.4 is 0 Å². The SMILES string of the molecule is CCN1C=CC(C)CC1. The first-order valence-corrected chi connectivity index (χ1v) is 3.75. The molecule has 0 aromatic rings. The molecule has 0 radical (unpaired) electrons. The summed E-state index contributed by atoms with van der Waals surface area (Å²) in [5, 5.41) is 0. The van der Waals surface area contributed by atoms with Crippen LogP contribution in [0.15, 0.2) is 12.3 Å². The van der Waals surface area contributed by atoms with E-state index >= 15 is 0 Å². The zero-order chi connectivity index (χ0) is 6.69. The summed E-state index contributed by atoms with van der Waals surface area (Å²) in [7, 11) is 0. The van der Waals surface area contributed by atoms with Gasteiger partial charge in [0.05, 0.1) is 0 Å². The van der Waals surface area contributed by atoms with Crippen LogP contribution in [-0.2, 0) is 0 Å².